The fourth-order valence-corrected chi connectivity index (χ4v) is 2.22. The maximum Gasteiger partial charge on any atom is 0.225 e. The molecule has 2 rings (SSSR count). The van der Waals surface area contributed by atoms with Crippen LogP contribution in [0, 0.1) is 5.92 Å². The first-order chi connectivity index (χ1) is 8.74. The molecule has 1 aliphatic heterocycles. The molecule has 2 unspecified atom stereocenters. The molecule has 2 atom stereocenters. The van der Waals surface area contributed by atoms with E-state index in [9.17, 15) is 4.79 Å². The van der Waals surface area contributed by atoms with E-state index < -0.39 is 0 Å². The number of benzene rings is 1. The van der Waals surface area contributed by atoms with E-state index in [0.29, 0.717) is 6.54 Å². The van der Waals surface area contributed by atoms with Gasteiger partial charge in [0.2, 0.25) is 5.91 Å². The Morgan fingerprint density at radius 1 is 1.56 bits per heavy atom. The van der Waals surface area contributed by atoms with Gasteiger partial charge in [0.15, 0.2) is 0 Å². The lowest BCUT2D eigenvalue weighted by atomic mass is 9.93. The smallest absolute Gasteiger partial charge is 0.225 e. The van der Waals surface area contributed by atoms with Crippen LogP contribution < -0.4 is 10.6 Å². The summed E-state index contributed by atoms with van der Waals surface area (Å²) in [5.41, 5.74) is 2.30. The lowest BCUT2D eigenvalue weighted by Crippen LogP contribution is -2.44. The number of carbonyl (C=O) groups excluding carboxylic acids is 1. The first-order valence-corrected chi connectivity index (χ1v) is 6.47. The minimum atomic E-state index is -0.130. The summed E-state index contributed by atoms with van der Waals surface area (Å²) < 4.78 is 0. The van der Waals surface area contributed by atoms with Gasteiger partial charge in [0.25, 0.3) is 0 Å². The minimum Gasteiger partial charge on any atom is -0.394 e. The van der Waals surface area contributed by atoms with Crippen molar-refractivity contribution in [2.45, 2.75) is 25.8 Å². The molecule has 0 saturated heterocycles. The number of anilines is 1. The average molecular weight is 248 g/mol. The number of carbonyl (C=O) groups is 1. The molecule has 1 aliphatic rings. The lowest BCUT2D eigenvalue weighted by molar-refractivity contribution is -0.125. The Morgan fingerprint density at radius 3 is 3.06 bits per heavy atom. The monoisotopic (exact) mass is 248 g/mol. The Kier molecular flexibility index (Phi) is 4.20. The zero-order valence-electron chi connectivity index (χ0n) is 10.6. The second-order valence-electron chi connectivity index (χ2n) is 4.74. The Morgan fingerprint density at radius 2 is 2.33 bits per heavy atom. The first kappa shape index (κ1) is 12.9. The number of aliphatic hydroxyl groups is 1. The Bertz CT molecular complexity index is 416. The predicted octanol–water partition coefficient (Wildman–Crippen LogP) is 1.16. The Labute approximate surface area is 107 Å². The zero-order chi connectivity index (χ0) is 13.0. The summed E-state index contributed by atoms with van der Waals surface area (Å²) >= 11 is 0. The molecule has 3 N–H and O–H groups in total. The normalized spacial score (nSPS) is 19.6. The average Bonchev–Trinajstić information content (AvgIpc) is 2.44. The fraction of sp³-hybridized carbons (Fsp3) is 0.500. The van der Waals surface area contributed by atoms with E-state index in [1.54, 1.807) is 0 Å². The van der Waals surface area contributed by atoms with Crippen molar-refractivity contribution >= 4 is 11.6 Å². The molecule has 0 aliphatic carbocycles. The number of nitrogens with one attached hydrogen (secondary N) is 2. The van der Waals surface area contributed by atoms with Crippen LogP contribution in [0.2, 0.25) is 0 Å². The molecule has 98 valence electrons. The molecule has 0 aromatic heterocycles. The van der Waals surface area contributed by atoms with Gasteiger partial charge in [-0.05, 0) is 24.5 Å². The Hall–Kier alpha value is -1.55. The molecular formula is C14H20N2O2. The molecule has 0 radical (unpaired) electrons. The number of hydrogen-bond donors (Lipinski definition) is 3. The van der Waals surface area contributed by atoms with E-state index in [-0.39, 0.29) is 24.5 Å². The number of amides is 1. The van der Waals surface area contributed by atoms with Gasteiger partial charge in [-0.25, -0.2) is 0 Å². The van der Waals surface area contributed by atoms with E-state index in [2.05, 4.69) is 10.6 Å². The number of aliphatic hydroxyl groups excluding tert-OH is 1. The van der Waals surface area contributed by atoms with Crippen molar-refractivity contribution in [1.82, 2.24) is 5.32 Å². The summed E-state index contributed by atoms with van der Waals surface area (Å²) in [7, 11) is 0. The summed E-state index contributed by atoms with van der Waals surface area (Å²) in [5.74, 6) is -0.0293. The van der Waals surface area contributed by atoms with Gasteiger partial charge in [-0.1, -0.05) is 25.1 Å². The minimum absolute atomic E-state index is 0.00102. The number of para-hydroxylation sites is 1. The van der Waals surface area contributed by atoms with Crippen molar-refractivity contribution in [3.63, 3.8) is 0 Å². The molecule has 0 bridgehead atoms. The molecule has 4 nitrogen and oxygen atoms in total. The van der Waals surface area contributed by atoms with Crippen LogP contribution in [0.15, 0.2) is 24.3 Å². The second kappa shape index (κ2) is 5.87. The van der Waals surface area contributed by atoms with Crippen molar-refractivity contribution in [3.8, 4) is 0 Å². The van der Waals surface area contributed by atoms with Gasteiger partial charge in [-0.2, -0.15) is 0 Å². The summed E-state index contributed by atoms with van der Waals surface area (Å²) in [6, 6.07) is 7.93. The summed E-state index contributed by atoms with van der Waals surface area (Å²) in [6.45, 7) is 2.61. The van der Waals surface area contributed by atoms with Gasteiger partial charge >= 0.3 is 0 Å². The van der Waals surface area contributed by atoms with E-state index in [4.69, 9.17) is 5.11 Å². The highest BCUT2D eigenvalue weighted by molar-refractivity contribution is 5.81. The third-order valence-corrected chi connectivity index (χ3v) is 3.45. The SMILES string of the molecule is CCC(CO)NC(=O)C1CNc2ccccc2C1. The van der Waals surface area contributed by atoms with Gasteiger partial charge < -0.3 is 15.7 Å². The number of hydrogen-bond acceptors (Lipinski definition) is 3. The number of rotatable bonds is 4. The molecule has 0 saturated carbocycles. The van der Waals surface area contributed by atoms with E-state index in [1.807, 2.05) is 31.2 Å². The quantitative estimate of drug-likeness (QED) is 0.749. The van der Waals surface area contributed by atoms with Crippen LogP contribution in [-0.2, 0) is 11.2 Å². The van der Waals surface area contributed by atoms with Gasteiger partial charge in [-0.3, -0.25) is 4.79 Å². The van der Waals surface area contributed by atoms with Crippen LogP contribution in [0.25, 0.3) is 0 Å². The highest BCUT2D eigenvalue weighted by Crippen LogP contribution is 2.24. The maximum atomic E-state index is 12.1. The van der Waals surface area contributed by atoms with Crippen molar-refractivity contribution < 1.29 is 9.90 Å². The third kappa shape index (κ3) is 2.82. The second-order valence-corrected chi connectivity index (χ2v) is 4.74. The molecule has 1 aromatic carbocycles. The summed E-state index contributed by atoms with van der Waals surface area (Å²) in [5, 5.41) is 15.3. The van der Waals surface area contributed by atoms with Crippen LogP contribution in [0.3, 0.4) is 0 Å². The molecular weight excluding hydrogens is 228 g/mol. The van der Waals surface area contributed by atoms with Crippen LogP contribution in [0.1, 0.15) is 18.9 Å². The molecule has 1 aromatic rings. The number of fused-ring (bicyclic) bond motifs is 1. The molecule has 4 heteroatoms. The standard InChI is InChI=1S/C14H20N2O2/c1-2-12(9-17)16-14(18)11-7-10-5-3-4-6-13(10)15-8-11/h3-6,11-12,15,17H,2,7-9H2,1H3,(H,16,18). The molecule has 0 spiro atoms. The van der Waals surface area contributed by atoms with Crippen molar-refractivity contribution in [3.05, 3.63) is 29.8 Å². The van der Waals surface area contributed by atoms with Gasteiger partial charge in [0, 0.05) is 12.2 Å². The van der Waals surface area contributed by atoms with Gasteiger partial charge in [-0.15, -0.1) is 0 Å². The van der Waals surface area contributed by atoms with E-state index >= 15 is 0 Å². The van der Waals surface area contributed by atoms with Gasteiger partial charge in [0.05, 0.1) is 18.6 Å². The molecule has 0 fully saturated rings. The largest absolute Gasteiger partial charge is 0.394 e. The molecule has 1 heterocycles. The van der Waals surface area contributed by atoms with E-state index in [0.717, 1.165) is 18.5 Å². The lowest BCUT2D eigenvalue weighted by Gasteiger charge is -2.26. The van der Waals surface area contributed by atoms with Gasteiger partial charge in [0.1, 0.15) is 0 Å². The van der Waals surface area contributed by atoms with Crippen molar-refractivity contribution in [2.75, 3.05) is 18.5 Å². The summed E-state index contributed by atoms with van der Waals surface area (Å²) in [4.78, 5) is 12.1. The third-order valence-electron chi connectivity index (χ3n) is 3.45. The zero-order valence-corrected chi connectivity index (χ0v) is 10.6. The predicted molar refractivity (Wildman–Crippen MR) is 71.4 cm³/mol. The van der Waals surface area contributed by atoms with E-state index in [1.165, 1.54) is 5.56 Å². The first-order valence-electron chi connectivity index (χ1n) is 6.47. The highest BCUT2D eigenvalue weighted by Gasteiger charge is 2.25. The van der Waals surface area contributed by atoms with Crippen LogP contribution >= 0.6 is 0 Å². The highest BCUT2D eigenvalue weighted by atomic mass is 16.3. The maximum absolute atomic E-state index is 12.1. The topological polar surface area (TPSA) is 61.4 Å². The van der Waals surface area contributed by atoms with Crippen LogP contribution in [-0.4, -0.2) is 30.2 Å². The van der Waals surface area contributed by atoms with Crippen LogP contribution in [0.4, 0.5) is 5.69 Å². The summed E-state index contributed by atoms with van der Waals surface area (Å²) in [6.07, 6.45) is 1.51. The van der Waals surface area contributed by atoms with Crippen LogP contribution in [0.5, 0.6) is 0 Å². The Balaban J connectivity index is 1.98. The molecule has 1 amide bonds. The van der Waals surface area contributed by atoms with Crippen molar-refractivity contribution in [2.24, 2.45) is 5.92 Å². The fourth-order valence-electron chi connectivity index (χ4n) is 2.22. The van der Waals surface area contributed by atoms with Crippen molar-refractivity contribution in [1.29, 1.82) is 0 Å². The molecule has 18 heavy (non-hydrogen) atoms.